The van der Waals surface area contributed by atoms with E-state index in [4.69, 9.17) is 9.84 Å². The highest BCUT2D eigenvalue weighted by atomic mass is 16.5. The van der Waals surface area contributed by atoms with Crippen LogP contribution < -0.4 is 4.74 Å². The number of ether oxygens (including phenoxy) is 1. The number of benzene rings is 3. The van der Waals surface area contributed by atoms with Crippen LogP contribution in [0.4, 0.5) is 0 Å². The lowest BCUT2D eigenvalue weighted by atomic mass is 9.75. The van der Waals surface area contributed by atoms with E-state index < -0.39 is 5.97 Å². The standard InChI is InChI=1S/C31H34O4/c1-21(32)24-8-5-9-25(19-24)27-14-12-23(18-28(27)29-11-6-16-31(29,2)3)20-35-26-10-4-7-22(17-26)13-15-30(33)34/h4-5,7-10,12,14,17-19,29H,6,11,13,15-16,20H2,1-3H3,(H,33,34). The van der Waals surface area contributed by atoms with E-state index in [0.717, 1.165) is 34.4 Å². The van der Waals surface area contributed by atoms with Crippen molar-refractivity contribution in [2.75, 3.05) is 0 Å². The first-order valence-corrected chi connectivity index (χ1v) is 12.4. The van der Waals surface area contributed by atoms with Gasteiger partial charge in [0.25, 0.3) is 0 Å². The molecule has 4 rings (SSSR count). The predicted octanol–water partition coefficient (Wildman–Crippen LogP) is 7.45. The first-order chi connectivity index (χ1) is 16.7. The van der Waals surface area contributed by atoms with Gasteiger partial charge in [-0.2, -0.15) is 0 Å². The molecule has 1 saturated carbocycles. The van der Waals surface area contributed by atoms with Crippen LogP contribution in [0.3, 0.4) is 0 Å². The van der Waals surface area contributed by atoms with Crippen molar-refractivity contribution in [3.05, 3.63) is 89.0 Å². The van der Waals surface area contributed by atoms with E-state index in [-0.39, 0.29) is 17.6 Å². The zero-order chi connectivity index (χ0) is 25.0. The smallest absolute Gasteiger partial charge is 0.303 e. The van der Waals surface area contributed by atoms with Crippen LogP contribution in [-0.4, -0.2) is 16.9 Å². The number of Topliss-reactive ketones (excluding diaryl/α,β-unsaturated/α-hetero) is 1. The number of rotatable bonds is 9. The van der Waals surface area contributed by atoms with Gasteiger partial charge in [0, 0.05) is 12.0 Å². The number of carbonyl (C=O) groups is 2. The average molecular weight is 471 g/mol. The van der Waals surface area contributed by atoms with E-state index in [1.54, 1.807) is 6.92 Å². The van der Waals surface area contributed by atoms with Crippen LogP contribution in [0, 0.1) is 5.41 Å². The number of hydrogen-bond acceptors (Lipinski definition) is 3. The Bertz CT molecular complexity index is 1220. The van der Waals surface area contributed by atoms with Gasteiger partial charge >= 0.3 is 5.97 Å². The summed E-state index contributed by atoms with van der Waals surface area (Å²) in [5.74, 6) is 0.462. The molecule has 0 saturated heterocycles. The van der Waals surface area contributed by atoms with Gasteiger partial charge < -0.3 is 9.84 Å². The number of hydrogen-bond donors (Lipinski definition) is 1. The van der Waals surface area contributed by atoms with Crippen molar-refractivity contribution in [1.29, 1.82) is 0 Å². The minimum atomic E-state index is -0.799. The monoisotopic (exact) mass is 470 g/mol. The molecule has 1 aliphatic carbocycles. The predicted molar refractivity (Wildman–Crippen MR) is 139 cm³/mol. The molecule has 0 radical (unpaired) electrons. The highest BCUT2D eigenvalue weighted by Gasteiger charge is 2.36. The zero-order valence-electron chi connectivity index (χ0n) is 20.8. The summed E-state index contributed by atoms with van der Waals surface area (Å²) in [4.78, 5) is 22.9. The number of aryl methyl sites for hydroxylation is 1. The molecular formula is C31H34O4. The van der Waals surface area contributed by atoms with E-state index in [9.17, 15) is 9.59 Å². The first kappa shape index (κ1) is 24.7. The van der Waals surface area contributed by atoms with E-state index in [0.29, 0.717) is 18.9 Å². The Labute approximate surface area is 208 Å². The maximum Gasteiger partial charge on any atom is 0.303 e. The third kappa shape index (κ3) is 6.00. The third-order valence-corrected chi connectivity index (χ3v) is 7.26. The summed E-state index contributed by atoms with van der Waals surface area (Å²) >= 11 is 0. The fraction of sp³-hybridized carbons (Fsp3) is 0.355. The Kier molecular flexibility index (Phi) is 7.39. The van der Waals surface area contributed by atoms with Crippen molar-refractivity contribution >= 4 is 11.8 Å². The lowest BCUT2D eigenvalue weighted by molar-refractivity contribution is -0.136. The van der Waals surface area contributed by atoms with Gasteiger partial charge in [0.2, 0.25) is 0 Å². The molecule has 1 aliphatic rings. The van der Waals surface area contributed by atoms with E-state index in [2.05, 4.69) is 38.1 Å². The van der Waals surface area contributed by atoms with Crippen LogP contribution in [-0.2, 0) is 17.8 Å². The largest absolute Gasteiger partial charge is 0.489 e. The molecule has 35 heavy (non-hydrogen) atoms. The molecule has 0 bridgehead atoms. The van der Waals surface area contributed by atoms with Crippen molar-refractivity contribution in [3.63, 3.8) is 0 Å². The van der Waals surface area contributed by atoms with Gasteiger partial charge in [0.1, 0.15) is 12.4 Å². The van der Waals surface area contributed by atoms with Gasteiger partial charge in [0.05, 0.1) is 0 Å². The summed E-state index contributed by atoms with van der Waals surface area (Å²) in [6.45, 7) is 6.76. The summed E-state index contributed by atoms with van der Waals surface area (Å²) in [6, 6.07) is 22.2. The van der Waals surface area contributed by atoms with Crippen molar-refractivity contribution in [2.45, 2.75) is 65.4 Å². The van der Waals surface area contributed by atoms with Crippen LogP contribution in [0.2, 0.25) is 0 Å². The van der Waals surface area contributed by atoms with Crippen LogP contribution in [0.5, 0.6) is 5.75 Å². The molecule has 1 N–H and O–H groups in total. The van der Waals surface area contributed by atoms with Crippen LogP contribution >= 0.6 is 0 Å². The molecule has 3 aromatic carbocycles. The van der Waals surface area contributed by atoms with Gasteiger partial charge in [-0.25, -0.2) is 0 Å². The zero-order valence-corrected chi connectivity index (χ0v) is 20.8. The molecule has 3 aromatic rings. The fourth-order valence-corrected chi connectivity index (χ4v) is 5.27. The van der Waals surface area contributed by atoms with E-state index in [1.807, 2.05) is 42.5 Å². The molecule has 1 unspecified atom stereocenters. The second-order valence-electron chi connectivity index (χ2n) is 10.3. The molecule has 4 nitrogen and oxygen atoms in total. The maximum atomic E-state index is 12.0. The van der Waals surface area contributed by atoms with Crippen LogP contribution in [0.1, 0.15) is 79.4 Å². The lowest BCUT2D eigenvalue weighted by Crippen LogP contribution is -2.16. The van der Waals surface area contributed by atoms with Gasteiger partial charge in [-0.15, -0.1) is 0 Å². The van der Waals surface area contributed by atoms with Crippen LogP contribution in [0.25, 0.3) is 11.1 Å². The molecule has 182 valence electrons. The maximum absolute atomic E-state index is 12.0. The summed E-state index contributed by atoms with van der Waals surface area (Å²) in [5.41, 5.74) is 6.59. The molecule has 0 amide bonds. The molecule has 0 aliphatic heterocycles. The van der Waals surface area contributed by atoms with Crippen molar-refractivity contribution < 1.29 is 19.4 Å². The van der Waals surface area contributed by atoms with E-state index >= 15 is 0 Å². The van der Waals surface area contributed by atoms with Gasteiger partial charge in [-0.3, -0.25) is 9.59 Å². The van der Waals surface area contributed by atoms with Crippen molar-refractivity contribution in [3.8, 4) is 16.9 Å². The van der Waals surface area contributed by atoms with Gasteiger partial charge in [-0.1, -0.05) is 68.8 Å². The number of carboxylic acids is 1. The Morgan fingerprint density at radius 1 is 1.00 bits per heavy atom. The molecule has 0 heterocycles. The Morgan fingerprint density at radius 2 is 1.80 bits per heavy atom. The van der Waals surface area contributed by atoms with Crippen molar-refractivity contribution in [1.82, 2.24) is 0 Å². The number of carbonyl (C=O) groups excluding carboxylic acids is 1. The molecule has 0 spiro atoms. The highest BCUT2D eigenvalue weighted by molar-refractivity contribution is 5.95. The average Bonchev–Trinajstić information content (AvgIpc) is 3.20. The number of ketones is 1. The fourth-order valence-electron chi connectivity index (χ4n) is 5.27. The van der Waals surface area contributed by atoms with Crippen molar-refractivity contribution in [2.24, 2.45) is 5.41 Å². The molecule has 1 atom stereocenters. The summed E-state index contributed by atoms with van der Waals surface area (Å²) in [6.07, 6.45) is 4.17. The van der Waals surface area contributed by atoms with Crippen LogP contribution in [0.15, 0.2) is 66.7 Å². The highest BCUT2D eigenvalue weighted by Crippen LogP contribution is 2.51. The topological polar surface area (TPSA) is 63.6 Å². The minimum absolute atomic E-state index is 0.0743. The molecular weight excluding hydrogens is 436 g/mol. The second-order valence-corrected chi connectivity index (χ2v) is 10.3. The Balaban J connectivity index is 1.62. The van der Waals surface area contributed by atoms with E-state index in [1.165, 1.54) is 24.0 Å². The lowest BCUT2D eigenvalue weighted by Gasteiger charge is -2.30. The number of carboxylic acid groups (broad SMARTS) is 1. The summed E-state index contributed by atoms with van der Waals surface area (Å²) < 4.78 is 6.11. The summed E-state index contributed by atoms with van der Waals surface area (Å²) in [5, 5.41) is 8.95. The van der Waals surface area contributed by atoms with Gasteiger partial charge in [-0.05, 0) is 83.5 Å². The third-order valence-electron chi connectivity index (χ3n) is 7.26. The van der Waals surface area contributed by atoms with Gasteiger partial charge in [0.15, 0.2) is 5.78 Å². The number of aliphatic carboxylic acids is 1. The second kappa shape index (κ2) is 10.5. The Hall–Kier alpha value is -3.40. The Morgan fingerprint density at radius 3 is 2.51 bits per heavy atom. The molecule has 0 aromatic heterocycles. The normalized spacial score (nSPS) is 16.7. The first-order valence-electron chi connectivity index (χ1n) is 12.4. The summed E-state index contributed by atoms with van der Waals surface area (Å²) in [7, 11) is 0. The minimum Gasteiger partial charge on any atom is -0.489 e. The quantitative estimate of drug-likeness (QED) is 0.330. The molecule has 1 fully saturated rings. The SMILES string of the molecule is CC(=O)c1cccc(-c2ccc(COc3cccc(CCC(=O)O)c3)cc2C2CCCC2(C)C)c1. The molecule has 4 heteroatoms.